The zero-order valence-electron chi connectivity index (χ0n) is 26.5. The fraction of sp³-hybridized carbons (Fsp3) is 0.0541. The fourth-order valence-corrected chi connectivity index (χ4v) is 5.16. The highest BCUT2D eigenvalue weighted by Gasteiger charge is 2.37. The van der Waals surface area contributed by atoms with E-state index < -0.39 is 62.0 Å². The second kappa shape index (κ2) is 14.1. The molecule has 0 aliphatic carbocycles. The van der Waals surface area contributed by atoms with Crippen molar-refractivity contribution in [2.24, 2.45) is 0 Å². The van der Waals surface area contributed by atoms with Crippen molar-refractivity contribution in [2.45, 2.75) is 12.4 Å². The zero-order chi connectivity index (χ0) is 38.1. The van der Waals surface area contributed by atoms with Gasteiger partial charge in [0.25, 0.3) is 11.4 Å². The van der Waals surface area contributed by atoms with Crippen molar-refractivity contribution in [2.75, 3.05) is 0 Å². The average molecular weight is 736 g/mol. The Kier molecular flexibility index (Phi) is 9.54. The molecule has 1 heterocycles. The summed E-state index contributed by atoms with van der Waals surface area (Å²) in [6.07, 6.45) is -9.88. The minimum Gasteiger partial charge on any atom is -0.457 e. The molecule has 0 saturated carbocycles. The molecule has 0 unspecified atom stereocenters. The molecule has 0 amide bonds. The van der Waals surface area contributed by atoms with Gasteiger partial charge in [-0.05, 0) is 96.1 Å². The lowest BCUT2D eigenvalue weighted by Crippen LogP contribution is -2.08. The lowest BCUT2D eigenvalue weighted by molar-refractivity contribution is -0.385. The zero-order valence-corrected chi connectivity index (χ0v) is 26.5. The van der Waals surface area contributed by atoms with Crippen LogP contribution in [0.4, 0.5) is 42.1 Å². The molecule has 0 saturated heterocycles. The van der Waals surface area contributed by atoms with Crippen LogP contribution in [0.2, 0.25) is 0 Å². The molecule has 9 nitrogen and oxygen atoms in total. The third kappa shape index (κ3) is 8.22. The average Bonchev–Trinajstić information content (AvgIpc) is 3.11. The summed E-state index contributed by atoms with van der Waals surface area (Å²) in [6, 6.07) is 24.8. The van der Waals surface area contributed by atoms with Crippen LogP contribution >= 0.6 is 0 Å². The summed E-state index contributed by atoms with van der Waals surface area (Å²) >= 11 is 0. The molecule has 6 rings (SSSR count). The SMILES string of the molecule is O=[N+]([O-])c1ccc(Oc2ccc(-c3cc(-c4ccc(F)cc4)cc(-c4ccc(Oc5ccc([N+](=O)[O-])cc5C(F)(F)F)cc4)n3)cc2)c(C(F)(F)F)c1. The summed E-state index contributed by atoms with van der Waals surface area (Å²) in [6.45, 7) is 0. The minimum absolute atomic E-state index is 0.0136. The quantitative estimate of drug-likeness (QED) is 0.0824. The van der Waals surface area contributed by atoms with E-state index in [4.69, 9.17) is 14.5 Å². The maximum absolute atomic E-state index is 13.7. The molecule has 268 valence electrons. The molecule has 53 heavy (non-hydrogen) atoms. The summed E-state index contributed by atoms with van der Waals surface area (Å²) < 4.78 is 107. The van der Waals surface area contributed by atoms with Crippen LogP contribution in [0.25, 0.3) is 33.6 Å². The van der Waals surface area contributed by atoms with E-state index in [1.807, 2.05) is 0 Å². The van der Waals surface area contributed by atoms with Crippen molar-refractivity contribution in [3.63, 3.8) is 0 Å². The van der Waals surface area contributed by atoms with Crippen LogP contribution < -0.4 is 9.47 Å². The maximum Gasteiger partial charge on any atom is 0.420 e. The lowest BCUT2D eigenvalue weighted by Gasteiger charge is -2.15. The van der Waals surface area contributed by atoms with Gasteiger partial charge in [-0.2, -0.15) is 26.3 Å². The number of nitro groups is 2. The van der Waals surface area contributed by atoms with Crippen molar-refractivity contribution in [1.29, 1.82) is 0 Å². The molecule has 5 aromatic carbocycles. The van der Waals surface area contributed by atoms with Gasteiger partial charge in [0, 0.05) is 35.4 Å². The summed E-state index contributed by atoms with van der Waals surface area (Å²) in [4.78, 5) is 24.9. The van der Waals surface area contributed by atoms with Crippen molar-refractivity contribution in [3.05, 3.63) is 159 Å². The number of pyridine rings is 1. The number of aromatic nitrogens is 1. The van der Waals surface area contributed by atoms with Gasteiger partial charge in [-0.25, -0.2) is 9.37 Å². The number of hydrogen-bond acceptors (Lipinski definition) is 7. The van der Waals surface area contributed by atoms with Gasteiger partial charge in [-0.1, -0.05) is 12.1 Å². The van der Waals surface area contributed by atoms with E-state index in [2.05, 4.69) is 0 Å². The number of rotatable bonds is 9. The molecule has 0 spiro atoms. The number of benzene rings is 5. The standard InChI is InChI=1S/C37H20F7N3O6/c38-25-7-1-21(2-8-25)24-17-32(22-3-11-28(12-4-22)52-34-15-9-26(46(48)49)19-30(34)36(39,40)41)45-33(18-24)23-5-13-29(14-6-23)53-35-16-10-27(47(50)51)20-31(35)37(42,43)44/h1-20H. The molecule has 1 aromatic heterocycles. The highest BCUT2D eigenvalue weighted by molar-refractivity contribution is 5.77. The third-order valence-electron chi connectivity index (χ3n) is 7.72. The van der Waals surface area contributed by atoms with Crippen molar-refractivity contribution >= 4 is 11.4 Å². The lowest BCUT2D eigenvalue weighted by atomic mass is 10.00. The molecule has 0 aliphatic heterocycles. The van der Waals surface area contributed by atoms with Crippen molar-refractivity contribution < 1.29 is 50.1 Å². The van der Waals surface area contributed by atoms with E-state index in [-0.39, 0.29) is 11.5 Å². The predicted molar refractivity (Wildman–Crippen MR) is 177 cm³/mol. The molecule has 0 fully saturated rings. The molecule has 0 radical (unpaired) electrons. The van der Waals surface area contributed by atoms with E-state index in [9.17, 15) is 51.0 Å². The van der Waals surface area contributed by atoms with Gasteiger partial charge in [0.05, 0.1) is 21.2 Å². The van der Waals surface area contributed by atoms with E-state index in [0.29, 0.717) is 45.8 Å². The summed E-state index contributed by atoms with van der Waals surface area (Å²) in [5.41, 5.74) is -1.27. The Balaban J connectivity index is 1.32. The van der Waals surface area contributed by atoms with Crippen molar-refractivity contribution in [3.8, 4) is 56.6 Å². The van der Waals surface area contributed by atoms with Crippen LogP contribution in [-0.4, -0.2) is 14.8 Å². The van der Waals surface area contributed by atoms with Gasteiger partial charge < -0.3 is 9.47 Å². The van der Waals surface area contributed by atoms with E-state index in [1.165, 1.54) is 72.8 Å². The number of halogens is 7. The number of nitro benzene ring substituents is 2. The number of alkyl halides is 6. The Bertz CT molecular complexity index is 2190. The first-order valence-electron chi connectivity index (χ1n) is 15.1. The Morgan fingerprint density at radius 2 is 0.868 bits per heavy atom. The monoisotopic (exact) mass is 735 g/mol. The number of non-ortho nitro benzene ring substituents is 2. The van der Waals surface area contributed by atoms with Crippen LogP contribution in [0.5, 0.6) is 23.0 Å². The maximum atomic E-state index is 13.7. The van der Waals surface area contributed by atoms with E-state index in [0.717, 1.165) is 24.3 Å². The van der Waals surface area contributed by atoms with Crippen LogP contribution in [-0.2, 0) is 12.4 Å². The van der Waals surface area contributed by atoms with Gasteiger partial charge in [0.1, 0.15) is 39.9 Å². The smallest absolute Gasteiger partial charge is 0.420 e. The van der Waals surface area contributed by atoms with Gasteiger partial charge in [0.15, 0.2) is 0 Å². The van der Waals surface area contributed by atoms with Crippen LogP contribution in [0.1, 0.15) is 11.1 Å². The van der Waals surface area contributed by atoms with Crippen LogP contribution in [0, 0.1) is 26.0 Å². The van der Waals surface area contributed by atoms with Crippen LogP contribution in [0.3, 0.4) is 0 Å². The summed E-state index contributed by atoms with van der Waals surface area (Å²) in [5, 5.41) is 22.1. The third-order valence-corrected chi connectivity index (χ3v) is 7.72. The first kappa shape index (κ1) is 36.0. The Morgan fingerprint density at radius 1 is 0.491 bits per heavy atom. The second-order valence-corrected chi connectivity index (χ2v) is 11.3. The van der Waals surface area contributed by atoms with E-state index >= 15 is 0 Å². The topological polar surface area (TPSA) is 118 Å². The normalized spacial score (nSPS) is 11.6. The first-order valence-corrected chi connectivity index (χ1v) is 15.1. The molecule has 0 atom stereocenters. The van der Waals surface area contributed by atoms with Gasteiger partial charge in [0.2, 0.25) is 0 Å². The minimum atomic E-state index is -4.94. The number of ether oxygens (including phenoxy) is 2. The van der Waals surface area contributed by atoms with Crippen LogP contribution in [0.15, 0.2) is 121 Å². The number of hydrogen-bond donors (Lipinski definition) is 0. The highest BCUT2D eigenvalue weighted by atomic mass is 19.4. The first-order chi connectivity index (χ1) is 25.0. The molecule has 0 bridgehead atoms. The molecule has 6 aromatic rings. The Hall–Kier alpha value is -6.84. The largest absolute Gasteiger partial charge is 0.457 e. The molecule has 16 heteroatoms. The fourth-order valence-electron chi connectivity index (χ4n) is 5.16. The highest BCUT2D eigenvalue weighted by Crippen LogP contribution is 2.42. The Labute approximate surface area is 293 Å². The molecular formula is C37H20F7N3O6. The number of nitrogens with zero attached hydrogens (tertiary/aromatic N) is 3. The molecule has 0 N–H and O–H groups in total. The summed E-state index contributed by atoms with van der Waals surface area (Å²) in [5.74, 6) is -1.80. The van der Waals surface area contributed by atoms with Gasteiger partial charge >= 0.3 is 12.4 Å². The Morgan fingerprint density at radius 3 is 1.23 bits per heavy atom. The van der Waals surface area contributed by atoms with Gasteiger partial charge in [-0.15, -0.1) is 0 Å². The molecular weight excluding hydrogens is 715 g/mol. The second-order valence-electron chi connectivity index (χ2n) is 11.3. The summed E-state index contributed by atoms with van der Waals surface area (Å²) in [7, 11) is 0. The van der Waals surface area contributed by atoms with E-state index in [1.54, 1.807) is 12.1 Å². The van der Waals surface area contributed by atoms with Gasteiger partial charge in [-0.3, -0.25) is 20.2 Å². The van der Waals surface area contributed by atoms with Crippen molar-refractivity contribution in [1.82, 2.24) is 4.98 Å². The molecule has 0 aliphatic rings. The predicted octanol–water partition coefficient (Wildman–Crippen LogP) is 11.7.